The monoisotopic (exact) mass is 265 g/mol. The fourth-order valence-corrected chi connectivity index (χ4v) is 4.10. The van der Waals surface area contributed by atoms with Crippen LogP contribution in [0.1, 0.15) is 67.7 Å². The molecule has 0 amide bonds. The van der Waals surface area contributed by atoms with Crippen molar-refractivity contribution in [1.29, 1.82) is 0 Å². The summed E-state index contributed by atoms with van der Waals surface area (Å²) in [5.41, 5.74) is 0. The molecule has 1 saturated carbocycles. The molecule has 1 unspecified atom stereocenters. The van der Waals surface area contributed by atoms with Crippen molar-refractivity contribution in [3.05, 3.63) is 21.9 Å². The number of aryl methyl sites for hydroxylation is 1. The molecule has 0 aliphatic heterocycles. The molecule has 102 valence electrons. The molecular formula is C16H27NS. The Morgan fingerprint density at radius 3 is 2.67 bits per heavy atom. The molecule has 1 N–H and O–H groups in total. The maximum atomic E-state index is 3.66. The maximum Gasteiger partial charge on any atom is 0.0414 e. The van der Waals surface area contributed by atoms with Crippen molar-refractivity contribution in [3.63, 3.8) is 0 Å². The smallest absolute Gasteiger partial charge is 0.0414 e. The minimum atomic E-state index is 0.593. The van der Waals surface area contributed by atoms with Crippen LogP contribution in [0.5, 0.6) is 0 Å². The Bertz CT molecular complexity index is 339. The summed E-state index contributed by atoms with van der Waals surface area (Å²) in [5, 5.41) is 3.66. The van der Waals surface area contributed by atoms with E-state index in [0.717, 1.165) is 12.5 Å². The highest BCUT2D eigenvalue weighted by molar-refractivity contribution is 7.12. The molecule has 0 saturated heterocycles. The number of hydrogen-bond donors (Lipinski definition) is 1. The van der Waals surface area contributed by atoms with Gasteiger partial charge in [-0.15, -0.1) is 11.3 Å². The molecule has 0 aromatic carbocycles. The first-order chi connectivity index (χ1) is 8.79. The lowest BCUT2D eigenvalue weighted by molar-refractivity contribution is 0.316. The second-order valence-electron chi connectivity index (χ2n) is 5.64. The lowest BCUT2D eigenvalue weighted by Crippen LogP contribution is -2.21. The zero-order chi connectivity index (χ0) is 12.8. The van der Waals surface area contributed by atoms with Gasteiger partial charge in [-0.05, 0) is 44.4 Å². The van der Waals surface area contributed by atoms with Gasteiger partial charge >= 0.3 is 0 Å². The first-order valence-electron chi connectivity index (χ1n) is 7.59. The summed E-state index contributed by atoms with van der Waals surface area (Å²) in [4.78, 5) is 2.97. The second kappa shape index (κ2) is 7.30. The van der Waals surface area contributed by atoms with Crippen molar-refractivity contribution in [1.82, 2.24) is 5.32 Å². The van der Waals surface area contributed by atoms with Crippen LogP contribution < -0.4 is 5.32 Å². The molecule has 1 heterocycles. The lowest BCUT2D eigenvalue weighted by atomic mass is 9.85. The van der Waals surface area contributed by atoms with E-state index in [0.29, 0.717) is 6.04 Å². The molecule has 2 heteroatoms. The minimum Gasteiger partial charge on any atom is -0.310 e. The number of nitrogens with one attached hydrogen (secondary N) is 1. The van der Waals surface area contributed by atoms with E-state index in [1.165, 1.54) is 54.7 Å². The van der Waals surface area contributed by atoms with Gasteiger partial charge in [0.05, 0.1) is 0 Å². The Morgan fingerprint density at radius 1 is 1.28 bits per heavy atom. The van der Waals surface area contributed by atoms with Crippen molar-refractivity contribution in [2.45, 2.75) is 64.8 Å². The van der Waals surface area contributed by atoms with Crippen LogP contribution in [0.4, 0.5) is 0 Å². The van der Waals surface area contributed by atoms with Crippen molar-refractivity contribution < 1.29 is 0 Å². The maximum absolute atomic E-state index is 3.66. The van der Waals surface area contributed by atoms with Gasteiger partial charge in [0.1, 0.15) is 0 Å². The molecule has 2 rings (SSSR count). The van der Waals surface area contributed by atoms with Gasteiger partial charge < -0.3 is 5.32 Å². The topological polar surface area (TPSA) is 12.0 Å². The van der Waals surface area contributed by atoms with E-state index in [4.69, 9.17) is 0 Å². The normalized spacial score (nSPS) is 19.0. The Hall–Kier alpha value is -0.340. The van der Waals surface area contributed by atoms with Gasteiger partial charge in [-0.1, -0.05) is 39.0 Å². The summed E-state index contributed by atoms with van der Waals surface area (Å²) in [5.74, 6) is 1.00. The summed E-state index contributed by atoms with van der Waals surface area (Å²) >= 11 is 1.96. The Kier molecular flexibility index (Phi) is 5.71. The fourth-order valence-electron chi connectivity index (χ4n) is 3.11. The second-order valence-corrected chi connectivity index (χ2v) is 6.96. The van der Waals surface area contributed by atoms with Crippen molar-refractivity contribution in [2.75, 3.05) is 6.54 Å². The third-order valence-electron chi connectivity index (χ3n) is 4.14. The molecule has 0 bridgehead atoms. The van der Waals surface area contributed by atoms with Gasteiger partial charge in [0, 0.05) is 15.8 Å². The minimum absolute atomic E-state index is 0.593. The number of thiophene rings is 1. The number of rotatable bonds is 6. The molecule has 1 fully saturated rings. The average Bonchev–Trinajstić information content (AvgIpc) is 2.82. The van der Waals surface area contributed by atoms with E-state index >= 15 is 0 Å². The summed E-state index contributed by atoms with van der Waals surface area (Å²) in [6.07, 6.45) is 10.1. The van der Waals surface area contributed by atoms with Gasteiger partial charge in [-0.3, -0.25) is 0 Å². The molecular weight excluding hydrogens is 238 g/mol. The standard InChI is InChI=1S/C16H27NS/c1-3-17-15(16-12-9-13(2)18-16)11-10-14-7-5-4-6-8-14/h9,12,14-15,17H,3-8,10-11H2,1-2H3. The third kappa shape index (κ3) is 4.10. The largest absolute Gasteiger partial charge is 0.310 e. The third-order valence-corrected chi connectivity index (χ3v) is 5.26. The van der Waals surface area contributed by atoms with Crippen LogP contribution in [0.2, 0.25) is 0 Å². The van der Waals surface area contributed by atoms with Crippen LogP contribution in [0.25, 0.3) is 0 Å². The molecule has 0 radical (unpaired) electrons. The van der Waals surface area contributed by atoms with Crippen LogP contribution in [-0.2, 0) is 0 Å². The van der Waals surface area contributed by atoms with Gasteiger partial charge in [0.15, 0.2) is 0 Å². The van der Waals surface area contributed by atoms with E-state index in [-0.39, 0.29) is 0 Å². The first kappa shape index (κ1) is 14.1. The van der Waals surface area contributed by atoms with Gasteiger partial charge in [-0.25, -0.2) is 0 Å². The predicted octanol–water partition coefficient (Wildman–Crippen LogP) is 5.07. The van der Waals surface area contributed by atoms with Crippen molar-refractivity contribution >= 4 is 11.3 Å². The van der Waals surface area contributed by atoms with Crippen LogP contribution >= 0.6 is 11.3 Å². The summed E-state index contributed by atoms with van der Waals surface area (Å²) < 4.78 is 0. The quantitative estimate of drug-likeness (QED) is 0.757. The zero-order valence-corrected chi connectivity index (χ0v) is 12.7. The molecule has 1 aliphatic rings. The van der Waals surface area contributed by atoms with Crippen molar-refractivity contribution in [3.8, 4) is 0 Å². The van der Waals surface area contributed by atoms with E-state index in [9.17, 15) is 0 Å². The lowest BCUT2D eigenvalue weighted by Gasteiger charge is -2.24. The molecule has 1 aromatic heterocycles. The van der Waals surface area contributed by atoms with E-state index in [2.05, 4.69) is 31.3 Å². The van der Waals surface area contributed by atoms with E-state index < -0.39 is 0 Å². The highest BCUT2D eigenvalue weighted by Crippen LogP contribution is 2.32. The van der Waals surface area contributed by atoms with E-state index in [1.807, 2.05) is 11.3 Å². The highest BCUT2D eigenvalue weighted by atomic mass is 32.1. The summed E-state index contributed by atoms with van der Waals surface area (Å²) in [6, 6.07) is 5.16. The molecule has 1 nitrogen and oxygen atoms in total. The average molecular weight is 265 g/mol. The molecule has 0 spiro atoms. The fraction of sp³-hybridized carbons (Fsp3) is 0.750. The van der Waals surface area contributed by atoms with Crippen molar-refractivity contribution in [2.24, 2.45) is 5.92 Å². The Morgan fingerprint density at radius 2 is 2.06 bits per heavy atom. The predicted molar refractivity (Wildman–Crippen MR) is 81.3 cm³/mol. The SMILES string of the molecule is CCNC(CCC1CCCCC1)c1ccc(C)s1. The van der Waals surface area contributed by atoms with Gasteiger partial charge in [0.2, 0.25) is 0 Å². The van der Waals surface area contributed by atoms with Crippen LogP contribution in [-0.4, -0.2) is 6.54 Å². The van der Waals surface area contributed by atoms with Crippen LogP contribution in [0.3, 0.4) is 0 Å². The first-order valence-corrected chi connectivity index (χ1v) is 8.41. The zero-order valence-electron chi connectivity index (χ0n) is 11.9. The van der Waals surface area contributed by atoms with Gasteiger partial charge in [0.25, 0.3) is 0 Å². The molecule has 18 heavy (non-hydrogen) atoms. The Balaban J connectivity index is 1.85. The Labute approximate surface area is 116 Å². The van der Waals surface area contributed by atoms with Crippen LogP contribution in [0, 0.1) is 12.8 Å². The van der Waals surface area contributed by atoms with E-state index in [1.54, 1.807) is 0 Å². The van der Waals surface area contributed by atoms with Gasteiger partial charge in [-0.2, -0.15) is 0 Å². The highest BCUT2D eigenvalue weighted by Gasteiger charge is 2.17. The summed E-state index contributed by atoms with van der Waals surface area (Å²) in [6.45, 7) is 5.50. The van der Waals surface area contributed by atoms with Crippen LogP contribution in [0.15, 0.2) is 12.1 Å². The molecule has 1 atom stereocenters. The summed E-state index contributed by atoms with van der Waals surface area (Å²) in [7, 11) is 0. The number of hydrogen-bond acceptors (Lipinski definition) is 2. The molecule has 1 aromatic rings. The molecule has 1 aliphatic carbocycles.